The van der Waals surface area contributed by atoms with E-state index in [0.717, 1.165) is 25.7 Å². The van der Waals surface area contributed by atoms with Crippen LogP contribution in [0.3, 0.4) is 0 Å². The summed E-state index contributed by atoms with van der Waals surface area (Å²) in [5, 5.41) is 0. The Kier molecular flexibility index (Phi) is 8.45. The number of rotatable bonds is 7. The van der Waals surface area contributed by atoms with E-state index in [0.29, 0.717) is 0 Å². The fraction of sp³-hybridized carbons (Fsp3) is 1.00. The summed E-state index contributed by atoms with van der Waals surface area (Å²) >= 11 is 0. The first kappa shape index (κ1) is 17.4. The third kappa shape index (κ3) is 3.80. The van der Waals surface area contributed by atoms with E-state index in [9.17, 15) is 0 Å². The van der Waals surface area contributed by atoms with E-state index < -0.39 is 5.66 Å². The average molecular weight is 211 g/mol. The fourth-order valence-corrected chi connectivity index (χ4v) is 2.38. The van der Waals surface area contributed by atoms with Crippen LogP contribution in [0.2, 0.25) is 0 Å². The molecule has 0 heterocycles. The number of hydrogen-bond acceptors (Lipinski definition) is 2. The van der Waals surface area contributed by atoms with Gasteiger partial charge in [0.1, 0.15) is 0 Å². The maximum atomic E-state index is 6.23. The predicted octanol–water partition coefficient (Wildman–Crippen LogP) is 2.63. The van der Waals surface area contributed by atoms with Crippen LogP contribution >= 0.6 is 0 Å². The van der Waals surface area contributed by atoms with Gasteiger partial charge in [-0.1, -0.05) is 40.5 Å². The fourth-order valence-electron chi connectivity index (χ4n) is 2.38. The van der Waals surface area contributed by atoms with Gasteiger partial charge in [-0.15, -0.1) is 0 Å². The number of hydrogen-bond donors (Lipinski definition) is 2. The molecule has 0 atom stereocenters. The molecule has 89 valence electrons. The maximum absolute atomic E-state index is 6.23. The lowest BCUT2D eigenvalue weighted by Crippen LogP contribution is -2.61. The van der Waals surface area contributed by atoms with Crippen molar-refractivity contribution in [2.24, 2.45) is 16.9 Å². The number of nitrogens with two attached hydrogens (primary N) is 2. The van der Waals surface area contributed by atoms with Crippen LogP contribution in [0.1, 0.15) is 66.2 Å². The Balaban J connectivity index is 0. The second-order valence-electron chi connectivity index (χ2n) is 4.48. The Labute approximate surface area is 97.8 Å². The molecule has 0 saturated carbocycles. The number of unbranched alkanes of at least 4 members (excludes halogenated alkanes) is 1. The van der Waals surface area contributed by atoms with Crippen LogP contribution in [0.4, 0.5) is 0 Å². The van der Waals surface area contributed by atoms with Gasteiger partial charge in [0.25, 0.3) is 0 Å². The summed E-state index contributed by atoms with van der Waals surface area (Å²) in [4.78, 5) is 0. The van der Waals surface area contributed by atoms with Gasteiger partial charge in [0.15, 0.2) is 0 Å². The summed E-state index contributed by atoms with van der Waals surface area (Å²) in [5.41, 5.74) is 12.1. The van der Waals surface area contributed by atoms with Crippen molar-refractivity contribution in [1.82, 2.24) is 0 Å². The summed E-state index contributed by atoms with van der Waals surface area (Å²) in [6.45, 7) is 8.73. The SMILES string of the molecule is CCCCC(CC)(CC)C(N)(N)CC.[B]. The molecular formula is C12H28BN2. The van der Waals surface area contributed by atoms with Gasteiger partial charge in [0, 0.05) is 13.8 Å². The minimum absolute atomic E-state index is 0. The van der Waals surface area contributed by atoms with Gasteiger partial charge in [-0.3, -0.25) is 0 Å². The Morgan fingerprint density at radius 2 is 1.33 bits per heavy atom. The van der Waals surface area contributed by atoms with Crippen molar-refractivity contribution >= 4 is 8.41 Å². The van der Waals surface area contributed by atoms with Gasteiger partial charge in [-0.25, -0.2) is 0 Å². The van der Waals surface area contributed by atoms with Gasteiger partial charge in [-0.2, -0.15) is 0 Å². The third-order valence-corrected chi connectivity index (χ3v) is 3.93. The minimum Gasteiger partial charge on any atom is -0.313 e. The van der Waals surface area contributed by atoms with Crippen LogP contribution in [0.25, 0.3) is 0 Å². The molecule has 3 heteroatoms. The molecule has 0 bridgehead atoms. The van der Waals surface area contributed by atoms with Crippen molar-refractivity contribution in [3.8, 4) is 0 Å². The van der Waals surface area contributed by atoms with Crippen LogP contribution in [-0.2, 0) is 0 Å². The monoisotopic (exact) mass is 211 g/mol. The molecule has 15 heavy (non-hydrogen) atoms. The molecule has 0 spiro atoms. The summed E-state index contributed by atoms with van der Waals surface area (Å²) < 4.78 is 0. The largest absolute Gasteiger partial charge is 0.313 e. The molecule has 0 aliphatic rings. The van der Waals surface area contributed by atoms with Gasteiger partial charge in [0.2, 0.25) is 0 Å². The summed E-state index contributed by atoms with van der Waals surface area (Å²) in [7, 11) is 0. The summed E-state index contributed by atoms with van der Waals surface area (Å²) in [6.07, 6.45) is 6.66. The first-order valence-electron chi connectivity index (χ1n) is 6.07. The highest BCUT2D eigenvalue weighted by Crippen LogP contribution is 2.40. The highest BCUT2D eigenvalue weighted by atomic mass is 15.0. The lowest BCUT2D eigenvalue weighted by molar-refractivity contribution is 0.0893. The van der Waals surface area contributed by atoms with E-state index >= 15 is 0 Å². The zero-order chi connectivity index (χ0) is 11.2. The highest BCUT2D eigenvalue weighted by molar-refractivity contribution is 5.75. The van der Waals surface area contributed by atoms with Gasteiger partial charge < -0.3 is 11.5 Å². The van der Waals surface area contributed by atoms with E-state index in [4.69, 9.17) is 11.5 Å². The summed E-state index contributed by atoms with van der Waals surface area (Å²) in [6, 6.07) is 0. The third-order valence-electron chi connectivity index (χ3n) is 3.93. The summed E-state index contributed by atoms with van der Waals surface area (Å²) in [5.74, 6) is 0. The average Bonchev–Trinajstić information content (AvgIpc) is 2.20. The first-order chi connectivity index (χ1) is 6.49. The second-order valence-corrected chi connectivity index (χ2v) is 4.48. The van der Waals surface area contributed by atoms with Crippen LogP contribution < -0.4 is 11.5 Å². The molecule has 0 aliphatic carbocycles. The van der Waals surface area contributed by atoms with Crippen molar-refractivity contribution in [3.63, 3.8) is 0 Å². The van der Waals surface area contributed by atoms with Crippen molar-refractivity contribution in [1.29, 1.82) is 0 Å². The normalized spacial score (nSPS) is 12.4. The molecule has 4 N–H and O–H groups in total. The quantitative estimate of drug-likeness (QED) is 0.502. The topological polar surface area (TPSA) is 52.0 Å². The van der Waals surface area contributed by atoms with Crippen LogP contribution in [0, 0.1) is 5.41 Å². The standard InChI is InChI=1S/C12H28N2.B/c1-5-9-10-11(6-2,7-3)12(13,14)8-4;/h5-10,13-14H2,1-4H3;. The van der Waals surface area contributed by atoms with E-state index in [-0.39, 0.29) is 13.8 Å². The van der Waals surface area contributed by atoms with Crippen LogP contribution in [0.15, 0.2) is 0 Å². The van der Waals surface area contributed by atoms with Crippen molar-refractivity contribution in [3.05, 3.63) is 0 Å². The predicted molar refractivity (Wildman–Crippen MR) is 69.7 cm³/mol. The minimum atomic E-state index is -0.494. The lowest BCUT2D eigenvalue weighted by Gasteiger charge is -2.45. The molecule has 0 unspecified atom stereocenters. The zero-order valence-corrected chi connectivity index (χ0v) is 11.0. The second kappa shape index (κ2) is 7.29. The molecular weight excluding hydrogens is 183 g/mol. The van der Waals surface area contributed by atoms with Crippen molar-refractivity contribution in [2.75, 3.05) is 0 Å². The Morgan fingerprint density at radius 1 is 0.867 bits per heavy atom. The maximum Gasteiger partial charge on any atom is 0.0691 e. The molecule has 2 nitrogen and oxygen atoms in total. The van der Waals surface area contributed by atoms with Crippen LogP contribution in [0.5, 0.6) is 0 Å². The van der Waals surface area contributed by atoms with Crippen molar-refractivity contribution in [2.45, 2.75) is 71.9 Å². The van der Waals surface area contributed by atoms with E-state index in [1.165, 1.54) is 12.8 Å². The molecule has 0 rings (SSSR count). The molecule has 0 saturated heterocycles. The Bertz CT molecular complexity index is 154. The molecule has 0 aromatic carbocycles. The van der Waals surface area contributed by atoms with E-state index in [1.807, 2.05) is 0 Å². The Hall–Kier alpha value is -0.0151. The van der Waals surface area contributed by atoms with E-state index in [1.54, 1.807) is 0 Å². The smallest absolute Gasteiger partial charge is 0.0691 e. The van der Waals surface area contributed by atoms with Crippen molar-refractivity contribution < 1.29 is 0 Å². The van der Waals surface area contributed by atoms with Crippen LogP contribution in [-0.4, -0.2) is 14.1 Å². The molecule has 0 aromatic rings. The molecule has 0 amide bonds. The van der Waals surface area contributed by atoms with Gasteiger partial charge in [-0.05, 0) is 25.7 Å². The molecule has 0 fully saturated rings. The molecule has 3 radical (unpaired) electrons. The van der Waals surface area contributed by atoms with Gasteiger partial charge >= 0.3 is 0 Å². The van der Waals surface area contributed by atoms with Gasteiger partial charge in [0.05, 0.1) is 5.66 Å². The first-order valence-corrected chi connectivity index (χ1v) is 6.07. The lowest BCUT2D eigenvalue weighted by atomic mass is 9.67. The van der Waals surface area contributed by atoms with E-state index in [2.05, 4.69) is 27.7 Å². The molecule has 0 aliphatic heterocycles. The zero-order valence-electron chi connectivity index (χ0n) is 11.0. The molecule has 0 aromatic heterocycles. The highest BCUT2D eigenvalue weighted by Gasteiger charge is 2.41. The Morgan fingerprint density at radius 3 is 1.60 bits per heavy atom.